The predicted octanol–water partition coefficient (Wildman–Crippen LogP) is 3.71. The number of carbonyl (C=O) groups excluding carboxylic acids is 2. The molecule has 2 aliphatic heterocycles. The maximum atomic E-state index is 14.1. The topological polar surface area (TPSA) is 132 Å². The number of hydrogen-bond acceptors (Lipinski definition) is 6. The first kappa shape index (κ1) is 24.7. The van der Waals surface area contributed by atoms with E-state index in [-0.39, 0.29) is 17.9 Å². The normalized spacial score (nSPS) is 24.4. The molecule has 2 amide bonds. The fourth-order valence-electron chi connectivity index (χ4n) is 6.24. The average molecular weight is 526 g/mol. The number of aromatic amines is 1. The number of rotatable bonds is 6. The molecule has 6 rings (SSSR count). The molecule has 0 bridgehead atoms. The number of anilines is 1. The van der Waals surface area contributed by atoms with Crippen LogP contribution in [0, 0.1) is 18.8 Å². The van der Waals surface area contributed by atoms with Crippen LogP contribution < -0.4 is 15.0 Å². The number of nitrogens with zero attached hydrogens (tertiary/aromatic N) is 1. The lowest BCUT2D eigenvalue weighted by atomic mass is 9.76. The molecule has 0 aliphatic carbocycles. The fraction of sp³-hybridized carbons (Fsp3) is 0.233. The summed E-state index contributed by atoms with van der Waals surface area (Å²) in [6.45, 7) is 1.81. The molecule has 2 aliphatic rings. The van der Waals surface area contributed by atoms with E-state index in [1.165, 1.54) is 13.2 Å². The maximum Gasteiger partial charge on any atom is 0.325 e. The molecule has 9 nitrogen and oxygen atoms in total. The van der Waals surface area contributed by atoms with Crippen LogP contribution in [0.1, 0.15) is 22.7 Å². The standard InChI is InChI=1S/C30H27N3O6/c1-16-7-3-6-10-21(16)33-27(35)24-25(28(33)36)30(29(37)38,14-18-15-31-20-9-5-4-8-19(18)20)32-26(24)17-11-12-22(34)23(13-17)39-2/h3-13,15,24-26,31-32,34H,14H2,1-2H3,(H,37,38). The number of ether oxygens (including phenoxy) is 1. The molecule has 4 N–H and O–H groups in total. The van der Waals surface area contributed by atoms with Gasteiger partial charge in [-0.2, -0.15) is 0 Å². The molecule has 1 aromatic heterocycles. The van der Waals surface area contributed by atoms with Crippen molar-refractivity contribution in [2.45, 2.75) is 24.9 Å². The number of amides is 2. The maximum absolute atomic E-state index is 14.1. The third-order valence-electron chi connectivity index (χ3n) is 8.10. The van der Waals surface area contributed by atoms with Crippen LogP contribution in [0.25, 0.3) is 10.9 Å². The Balaban J connectivity index is 1.53. The quantitative estimate of drug-likeness (QED) is 0.282. The molecule has 0 radical (unpaired) electrons. The number of para-hydroxylation sites is 2. The van der Waals surface area contributed by atoms with Gasteiger partial charge in [0.1, 0.15) is 5.54 Å². The third kappa shape index (κ3) is 3.61. The van der Waals surface area contributed by atoms with E-state index >= 15 is 0 Å². The van der Waals surface area contributed by atoms with Gasteiger partial charge in [-0.3, -0.25) is 19.7 Å². The van der Waals surface area contributed by atoms with E-state index in [0.29, 0.717) is 11.3 Å². The number of aryl methyl sites for hydroxylation is 1. The van der Waals surface area contributed by atoms with Crippen molar-refractivity contribution in [1.29, 1.82) is 0 Å². The first-order valence-corrected chi connectivity index (χ1v) is 12.6. The summed E-state index contributed by atoms with van der Waals surface area (Å²) in [5.41, 5.74) is 1.49. The Labute approximate surface area is 224 Å². The summed E-state index contributed by atoms with van der Waals surface area (Å²) in [5.74, 6) is -4.32. The summed E-state index contributed by atoms with van der Waals surface area (Å²) in [6, 6.07) is 18.4. The van der Waals surface area contributed by atoms with Gasteiger partial charge in [0.25, 0.3) is 0 Å². The van der Waals surface area contributed by atoms with Crippen LogP contribution in [0.15, 0.2) is 72.9 Å². The minimum atomic E-state index is -1.78. The van der Waals surface area contributed by atoms with Crippen LogP contribution in [0.3, 0.4) is 0 Å². The molecule has 4 atom stereocenters. The first-order valence-electron chi connectivity index (χ1n) is 12.6. The number of carboxylic acids is 1. The van der Waals surface area contributed by atoms with Crippen molar-refractivity contribution < 1.29 is 29.3 Å². The van der Waals surface area contributed by atoms with Crippen LogP contribution in [0.5, 0.6) is 11.5 Å². The molecule has 4 aromatic rings. The number of imide groups is 1. The number of carboxylic acid groups (broad SMARTS) is 1. The van der Waals surface area contributed by atoms with Gasteiger partial charge in [0, 0.05) is 29.6 Å². The van der Waals surface area contributed by atoms with Gasteiger partial charge < -0.3 is 19.9 Å². The minimum absolute atomic E-state index is 0.0279. The number of fused-ring (bicyclic) bond motifs is 2. The summed E-state index contributed by atoms with van der Waals surface area (Å²) in [7, 11) is 1.41. The van der Waals surface area contributed by atoms with Gasteiger partial charge in [0.05, 0.1) is 24.6 Å². The van der Waals surface area contributed by atoms with Gasteiger partial charge in [-0.05, 0) is 47.9 Å². The molecule has 4 unspecified atom stereocenters. The van der Waals surface area contributed by atoms with Crippen LogP contribution in [-0.4, -0.2) is 45.6 Å². The zero-order valence-electron chi connectivity index (χ0n) is 21.3. The largest absolute Gasteiger partial charge is 0.504 e. The minimum Gasteiger partial charge on any atom is -0.504 e. The summed E-state index contributed by atoms with van der Waals surface area (Å²) in [6.07, 6.45) is 1.73. The summed E-state index contributed by atoms with van der Waals surface area (Å²) < 4.78 is 5.28. The molecule has 9 heteroatoms. The summed E-state index contributed by atoms with van der Waals surface area (Å²) >= 11 is 0. The third-order valence-corrected chi connectivity index (χ3v) is 8.10. The number of phenolic OH excluding ortho intramolecular Hbond substituents is 1. The monoisotopic (exact) mass is 525 g/mol. The number of benzene rings is 3. The Morgan fingerprint density at radius 1 is 1.05 bits per heavy atom. The highest BCUT2D eigenvalue weighted by atomic mass is 16.5. The zero-order valence-corrected chi connectivity index (χ0v) is 21.3. The van der Waals surface area contributed by atoms with Gasteiger partial charge in [0.2, 0.25) is 11.8 Å². The highest BCUT2D eigenvalue weighted by molar-refractivity contribution is 6.24. The highest BCUT2D eigenvalue weighted by Crippen LogP contribution is 2.52. The van der Waals surface area contributed by atoms with Crippen LogP contribution in [0.4, 0.5) is 5.69 Å². The Kier molecular flexibility index (Phi) is 5.69. The number of hydrogen-bond donors (Lipinski definition) is 4. The van der Waals surface area contributed by atoms with Crippen molar-refractivity contribution in [2.75, 3.05) is 12.0 Å². The first-order chi connectivity index (χ1) is 18.8. The van der Waals surface area contributed by atoms with E-state index < -0.39 is 41.2 Å². The van der Waals surface area contributed by atoms with Crippen molar-refractivity contribution in [3.05, 3.63) is 89.6 Å². The van der Waals surface area contributed by atoms with Gasteiger partial charge in [-0.25, -0.2) is 4.90 Å². The van der Waals surface area contributed by atoms with Crippen LogP contribution >= 0.6 is 0 Å². The van der Waals surface area contributed by atoms with Crippen LogP contribution in [-0.2, 0) is 20.8 Å². The number of aromatic nitrogens is 1. The van der Waals surface area contributed by atoms with E-state index in [0.717, 1.165) is 26.9 Å². The number of aliphatic carboxylic acids is 1. The summed E-state index contributed by atoms with van der Waals surface area (Å²) in [5, 5.41) is 25.0. The lowest BCUT2D eigenvalue weighted by Gasteiger charge is -2.31. The Morgan fingerprint density at radius 2 is 1.79 bits per heavy atom. The molecular formula is C30H27N3O6. The van der Waals surface area contributed by atoms with Gasteiger partial charge >= 0.3 is 5.97 Å². The number of nitrogens with one attached hydrogen (secondary N) is 2. The van der Waals surface area contributed by atoms with Crippen molar-refractivity contribution in [3.63, 3.8) is 0 Å². The van der Waals surface area contributed by atoms with Crippen LogP contribution in [0.2, 0.25) is 0 Å². The summed E-state index contributed by atoms with van der Waals surface area (Å²) in [4.78, 5) is 45.8. The second kappa shape index (κ2) is 8.99. The number of phenols is 1. The zero-order chi connectivity index (χ0) is 27.5. The van der Waals surface area contributed by atoms with Gasteiger partial charge in [0.15, 0.2) is 11.5 Å². The number of H-pyrrole nitrogens is 1. The Morgan fingerprint density at radius 3 is 2.54 bits per heavy atom. The number of carbonyl (C=O) groups is 3. The van der Waals surface area contributed by atoms with Crippen molar-refractivity contribution >= 4 is 34.4 Å². The molecule has 3 heterocycles. The van der Waals surface area contributed by atoms with E-state index in [1.54, 1.807) is 43.5 Å². The smallest absolute Gasteiger partial charge is 0.325 e. The lowest BCUT2D eigenvalue weighted by molar-refractivity contribution is -0.148. The fourth-order valence-corrected chi connectivity index (χ4v) is 6.24. The molecule has 2 fully saturated rings. The molecule has 0 spiro atoms. The SMILES string of the molecule is COc1cc(C2NC(Cc3c[nH]c4ccccc34)(C(=O)O)C3C(=O)N(c4ccccc4C)C(=O)C23)ccc1O. The van der Waals surface area contributed by atoms with E-state index in [4.69, 9.17) is 4.74 Å². The number of methoxy groups -OCH3 is 1. The molecule has 39 heavy (non-hydrogen) atoms. The van der Waals surface area contributed by atoms with E-state index in [9.17, 15) is 24.6 Å². The second-order valence-corrected chi connectivity index (χ2v) is 10.2. The average Bonchev–Trinajstić information content (AvgIpc) is 3.57. The molecule has 198 valence electrons. The Hall–Kier alpha value is -4.63. The number of aromatic hydroxyl groups is 1. The van der Waals surface area contributed by atoms with Crippen molar-refractivity contribution in [1.82, 2.24) is 10.3 Å². The van der Waals surface area contributed by atoms with Crippen molar-refractivity contribution in [3.8, 4) is 11.5 Å². The molecule has 3 aromatic carbocycles. The lowest BCUT2D eigenvalue weighted by Crippen LogP contribution is -2.57. The Bertz CT molecular complexity index is 1640. The molecular weight excluding hydrogens is 498 g/mol. The van der Waals surface area contributed by atoms with E-state index in [2.05, 4.69) is 10.3 Å². The van der Waals surface area contributed by atoms with Gasteiger partial charge in [-0.1, -0.05) is 42.5 Å². The predicted molar refractivity (Wildman–Crippen MR) is 144 cm³/mol. The second-order valence-electron chi connectivity index (χ2n) is 10.2. The highest BCUT2D eigenvalue weighted by Gasteiger charge is 2.68. The van der Waals surface area contributed by atoms with E-state index in [1.807, 2.05) is 30.3 Å². The van der Waals surface area contributed by atoms with Gasteiger partial charge in [-0.15, -0.1) is 0 Å². The molecule has 0 saturated carbocycles. The molecule has 2 saturated heterocycles. The van der Waals surface area contributed by atoms with Crippen molar-refractivity contribution in [2.24, 2.45) is 11.8 Å².